The lowest BCUT2D eigenvalue weighted by atomic mass is 9.87. The van der Waals surface area contributed by atoms with Crippen LogP contribution in [0.3, 0.4) is 0 Å². The Labute approximate surface area is 153 Å². The average molecular weight is 359 g/mol. The van der Waals surface area contributed by atoms with Gasteiger partial charge < -0.3 is 4.74 Å². The van der Waals surface area contributed by atoms with Gasteiger partial charge in [-0.25, -0.2) is 0 Å². The number of carbonyl (C=O) groups excluding carboxylic acids is 2. The first-order valence-corrected chi connectivity index (χ1v) is 9.97. The maximum atomic E-state index is 12.1. The first-order chi connectivity index (χ1) is 12.2. The van der Waals surface area contributed by atoms with Gasteiger partial charge in [-0.2, -0.15) is 0 Å². The second-order valence-electron chi connectivity index (χ2n) is 6.64. The van der Waals surface area contributed by atoms with Crippen molar-refractivity contribution in [3.8, 4) is 5.75 Å². The summed E-state index contributed by atoms with van der Waals surface area (Å²) in [6.45, 7) is 2.98. The molecular weight excluding hydrogens is 334 g/mol. The van der Waals surface area contributed by atoms with Crippen molar-refractivity contribution in [3.05, 3.63) is 34.7 Å². The number of imide groups is 1. The topological polar surface area (TPSA) is 46.6 Å². The van der Waals surface area contributed by atoms with Gasteiger partial charge in [0.25, 0.3) is 11.1 Å². The van der Waals surface area contributed by atoms with Gasteiger partial charge in [0.2, 0.25) is 0 Å². The van der Waals surface area contributed by atoms with E-state index >= 15 is 0 Å². The zero-order valence-corrected chi connectivity index (χ0v) is 15.5. The maximum Gasteiger partial charge on any atom is 0.293 e. The number of amides is 2. The molecule has 3 rings (SSSR count). The van der Waals surface area contributed by atoms with E-state index in [4.69, 9.17) is 4.74 Å². The fourth-order valence-electron chi connectivity index (χ4n) is 3.40. The third kappa shape index (κ3) is 4.66. The lowest BCUT2D eigenvalue weighted by Crippen LogP contribution is -2.27. The van der Waals surface area contributed by atoms with Crippen LogP contribution in [0.2, 0.25) is 0 Å². The van der Waals surface area contributed by atoms with Crippen LogP contribution in [0.5, 0.6) is 5.75 Å². The van der Waals surface area contributed by atoms with Gasteiger partial charge in [-0.1, -0.05) is 44.2 Å². The van der Waals surface area contributed by atoms with E-state index in [1.807, 2.05) is 24.3 Å². The predicted octanol–water partition coefficient (Wildman–Crippen LogP) is 5.09. The zero-order valence-electron chi connectivity index (χ0n) is 14.7. The van der Waals surface area contributed by atoms with Crippen LogP contribution in [0.1, 0.15) is 51.0 Å². The molecule has 0 spiro atoms. The largest absolute Gasteiger partial charge is 0.494 e. The first-order valence-electron chi connectivity index (χ1n) is 9.15. The number of ether oxygens (including phenoxy) is 1. The number of nitrogens with zero attached hydrogens (tertiary/aromatic N) is 1. The number of benzene rings is 1. The summed E-state index contributed by atoms with van der Waals surface area (Å²) in [5.74, 6) is 1.47. The van der Waals surface area contributed by atoms with Gasteiger partial charge >= 0.3 is 0 Å². The molecule has 1 saturated carbocycles. The summed E-state index contributed by atoms with van der Waals surface area (Å²) in [5, 5.41) is -0.193. The smallest absolute Gasteiger partial charge is 0.293 e. The third-order valence-electron chi connectivity index (χ3n) is 4.89. The number of likely N-dealkylation sites (N-methyl/N-ethyl adjacent to an activating group) is 1. The van der Waals surface area contributed by atoms with Crippen LogP contribution in [0.4, 0.5) is 4.79 Å². The Bertz CT molecular complexity index is 647. The highest BCUT2D eigenvalue weighted by Gasteiger charge is 2.33. The van der Waals surface area contributed by atoms with Crippen LogP contribution >= 0.6 is 11.8 Å². The van der Waals surface area contributed by atoms with Gasteiger partial charge in [0.15, 0.2) is 0 Å². The van der Waals surface area contributed by atoms with Gasteiger partial charge in [-0.3, -0.25) is 14.5 Å². The minimum Gasteiger partial charge on any atom is -0.494 e. The van der Waals surface area contributed by atoms with Crippen LogP contribution in [0.15, 0.2) is 29.2 Å². The molecule has 2 aliphatic rings. The highest BCUT2D eigenvalue weighted by atomic mass is 32.2. The molecule has 1 heterocycles. The zero-order chi connectivity index (χ0) is 17.6. The van der Waals surface area contributed by atoms with Crippen molar-refractivity contribution < 1.29 is 14.3 Å². The predicted molar refractivity (Wildman–Crippen MR) is 101 cm³/mol. The molecule has 5 heteroatoms. The molecule has 1 saturated heterocycles. The molecule has 0 aromatic heterocycles. The van der Waals surface area contributed by atoms with E-state index in [1.54, 1.807) is 13.0 Å². The lowest BCUT2D eigenvalue weighted by Gasteiger charge is -2.21. The van der Waals surface area contributed by atoms with E-state index in [1.165, 1.54) is 37.0 Å². The minimum atomic E-state index is -0.203. The van der Waals surface area contributed by atoms with E-state index < -0.39 is 0 Å². The summed E-state index contributed by atoms with van der Waals surface area (Å²) < 4.78 is 5.85. The van der Waals surface area contributed by atoms with Gasteiger partial charge in [0.1, 0.15) is 5.75 Å². The summed E-state index contributed by atoms with van der Waals surface area (Å²) in [6.07, 6.45) is 9.70. The molecule has 134 valence electrons. The number of rotatable bonds is 6. The van der Waals surface area contributed by atoms with Crippen LogP contribution in [0, 0.1) is 5.92 Å². The molecule has 0 bridgehead atoms. The molecule has 1 aromatic rings. The van der Waals surface area contributed by atoms with Crippen LogP contribution in [-0.2, 0) is 4.79 Å². The summed E-state index contributed by atoms with van der Waals surface area (Å²) in [4.78, 5) is 25.6. The van der Waals surface area contributed by atoms with Crippen molar-refractivity contribution in [1.29, 1.82) is 0 Å². The first kappa shape index (κ1) is 18.1. The van der Waals surface area contributed by atoms with Crippen molar-refractivity contribution >= 4 is 29.0 Å². The summed E-state index contributed by atoms with van der Waals surface area (Å²) in [6, 6.07) is 7.71. The monoisotopic (exact) mass is 359 g/mol. The molecular formula is C20H25NO3S. The SMILES string of the molecule is CCN1C(=O)S/C(=C\c2ccc(OCCC3CCCCC3)cc2)C1=O. The van der Waals surface area contributed by atoms with Crippen LogP contribution < -0.4 is 4.74 Å². The Morgan fingerprint density at radius 2 is 1.88 bits per heavy atom. The summed E-state index contributed by atoms with van der Waals surface area (Å²) >= 11 is 1.00. The minimum absolute atomic E-state index is 0.193. The quantitative estimate of drug-likeness (QED) is 0.664. The Balaban J connectivity index is 1.53. The number of carbonyl (C=O) groups is 2. The van der Waals surface area contributed by atoms with Gasteiger partial charge in [0.05, 0.1) is 11.5 Å². The molecule has 0 N–H and O–H groups in total. The Kier molecular flexibility index (Phi) is 6.19. The molecule has 2 amide bonds. The normalized spacial score (nSPS) is 20.5. The molecule has 1 aromatic carbocycles. The summed E-state index contributed by atoms with van der Waals surface area (Å²) in [7, 11) is 0. The van der Waals surface area contributed by atoms with E-state index in [2.05, 4.69) is 0 Å². The fraction of sp³-hybridized carbons (Fsp3) is 0.500. The Hall–Kier alpha value is -1.75. The summed E-state index contributed by atoms with van der Waals surface area (Å²) in [5.41, 5.74) is 0.904. The Morgan fingerprint density at radius 3 is 2.52 bits per heavy atom. The van der Waals surface area contributed by atoms with Crippen LogP contribution in [0.25, 0.3) is 6.08 Å². The number of hydrogen-bond donors (Lipinski definition) is 0. The molecule has 25 heavy (non-hydrogen) atoms. The highest BCUT2D eigenvalue weighted by molar-refractivity contribution is 8.18. The van der Waals surface area contributed by atoms with Crippen molar-refractivity contribution in [2.24, 2.45) is 5.92 Å². The number of hydrogen-bond acceptors (Lipinski definition) is 4. The lowest BCUT2D eigenvalue weighted by molar-refractivity contribution is -0.122. The van der Waals surface area contributed by atoms with Gasteiger partial charge in [-0.15, -0.1) is 0 Å². The molecule has 0 atom stereocenters. The van der Waals surface area contributed by atoms with E-state index in [-0.39, 0.29) is 11.1 Å². The Morgan fingerprint density at radius 1 is 1.16 bits per heavy atom. The second kappa shape index (κ2) is 8.56. The molecule has 0 unspecified atom stereocenters. The van der Waals surface area contributed by atoms with E-state index in [0.29, 0.717) is 11.4 Å². The molecule has 2 fully saturated rings. The number of thioether (sulfide) groups is 1. The molecule has 1 aliphatic heterocycles. The standard InChI is InChI=1S/C20H25NO3S/c1-2-21-19(22)18(25-20(21)23)14-16-8-10-17(11-9-16)24-13-12-15-6-4-3-5-7-15/h8-11,14-15H,2-7,12-13H2,1H3/b18-14-. The van der Waals surface area contributed by atoms with Crippen molar-refractivity contribution in [2.45, 2.75) is 45.4 Å². The highest BCUT2D eigenvalue weighted by Crippen LogP contribution is 2.32. The van der Waals surface area contributed by atoms with Crippen molar-refractivity contribution in [3.63, 3.8) is 0 Å². The maximum absolute atomic E-state index is 12.1. The van der Waals surface area contributed by atoms with Gasteiger partial charge in [-0.05, 0) is 54.8 Å². The molecule has 1 aliphatic carbocycles. The van der Waals surface area contributed by atoms with Gasteiger partial charge in [0, 0.05) is 6.54 Å². The molecule has 4 nitrogen and oxygen atoms in total. The van der Waals surface area contributed by atoms with E-state index in [9.17, 15) is 9.59 Å². The van der Waals surface area contributed by atoms with Crippen molar-refractivity contribution in [2.75, 3.05) is 13.2 Å². The fourth-order valence-corrected chi connectivity index (χ4v) is 4.31. The van der Waals surface area contributed by atoms with E-state index in [0.717, 1.165) is 42.0 Å². The molecule has 0 radical (unpaired) electrons. The second-order valence-corrected chi connectivity index (χ2v) is 7.63. The average Bonchev–Trinajstić information content (AvgIpc) is 2.90. The van der Waals surface area contributed by atoms with Crippen LogP contribution in [-0.4, -0.2) is 29.2 Å². The van der Waals surface area contributed by atoms with Crippen molar-refractivity contribution in [1.82, 2.24) is 4.90 Å². The third-order valence-corrected chi connectivity index (χ3v) is 5.79.